The zero-order valence-electron chi connectivity index (χ0n) is 9.01. The first-order chi connectivity index (χ1) is 6.20. The van der Waals surface area contributed by atoms with Crippen LogP contribution in [0, 0.1) is 0 Å². The molecular weight excluding hydrogens is 166 g/mol. The standard InChI is InChI=1S/C10H21NO2/c1-4-5-6-8-11(2)9-7-10(12)13-3/h4-9H2,1-3H3. The molecule has 0 heterocycles. The van der Waals surface area contributed by atoms with Crippen LogP contribution in [0.1, 0.15) is 32.6 Å². The fourth-order valence-electron chi connectivity index (χ4n) is 1.13. The van der Waals surface area contributed by atoms with Crippen LogP contribution in [0.2, 0.25) is 0 Å². The highest BCUT2D eigenvalue weighted by molar-refractivity contribution is 5.69. The molecule has 0 saturated carbocycles. The lowest BCUT2D eigenvalue weighted by Crippen LogP contribution is -2.23. The van der Waals surface area contributed by atoms with Crippen LogP contribution in [-0.4, -0.2) is 38.1 Å². The second-order valence-corrected chi connectivity index (χ2v) is 3.34. The second kappa shape index (κ2) is 8.05. The fraction of sp³-hybridized carbons (Fsp3) is 0.900. The predicted octanol–water partition coefficient (Wildman–Crippen LogP) is 1.67. The van der Waals surface area contributed by atoms with Crippen LogP contribution in [0.25, 0.3) is 0 Å². The van der Waals surface area contributed by atoms with Gasteiger partial charge in [-0.25, -0.2) is 0 Å². The Hall–Kier alpha value is -0.570. The van der Waals surface area contributed by atoms with E-state index in [-0.39, 0.29) is 5.97 Å². The maximum Gasteiger partial charge on any atom is 0.306 e. The number of unbranched alkanes of at least 4 members (excludes halogenated alkanes) is 2. The fourth-order valence-corrected chi connectivity index (χ4v) is 1.13. The van der Waals surface area contributed by atoms with Gasteiger partial charge in [0.05, 0.1) is 13.5 Å². The predicted molar refractivity (Wildman–Crippen MR) is 53.7 cm³/mol. The smallest absolute Gasteiger partial charge is 0.306 e. The Bertz CT molecular complexity index is 137. The van der Waals surface area contributed by atoms with Crippen LogP contribution in [-0.2, 0) is 9.53 Å². The molecule has 0 spiro atoms. The summed E-state index contributed by atoms with van der Waals surface area (Å²) in [5.74, 6) is -0.123. The average Bonchev–Trinajstić information content (AvgIpc) is 2.14. The van der Waals surface area contributed by atoms with Gasteiger partial charge in [-0.05, 0) is 20.0 Å². The summed E-state index contributed by atoms with van der Waals surface area (Å²) >= 11 is 0. The van der Waals surface area contributed by atoms with E-state index in [4.69, 9.17) is 0 Å². The lowest BCUT2D eigenvalue weighted by molar-refractivity contribution is -0.140. The highest BCUT2D eigenvalue weighted by Gasteiger charge is 2.02. The molecule has 3 heteroatoms. The largest absolute Gasteiger partial charge is 0.469 e. The highest BCUT2D eigenvalue weighted by atomic mass is 16.5. The van der Waals surface area contributed by atoms with E-state index in [0.29, 0.717) is 6.42 Å². The summed E-state index contributed by atoms with van der Waals surface area (Å²) in [5, 5.41) is 0. The number of carbonyl (C=O) groups excluding carboxylic acids is 1. The minimum Gasteiger partial charge on any atom is -0.469 e. The van der Waals surface area contributed by atoms with Crippen molar-refractivity contribution in [2.75, 3.05) is 27.2 Å². The number of hydrogen-bond acceptors (Lipinski definition) is 3. The Labute approximate surface area is 81.1 Å². The van der Waals surface area contributed by atoms with Crippen molar-refractivity contribution in [3.05, 3.63) is 0 Å². The SMILES string of the molecule is CCCCCN(C)CCC(=O)OC. The molecule has 0 saturated heterocycles. The van der Waals surface area contributed by atoms with Crippen molar-refractivity contribution in [3.8, 4) is 0 Å². The lowest BCUT2D eigenvalue weighted by atomic mass is 10.2. The van der Waals surface area contributed by atoms with Gasteiger partial charge in [0.2, 0.25) is 0 Å². The number of hydrogen-bond donors (Lipinski definition) is 0. The molecule has 0 fully saturated rings. The molecule has 0 atom stereocenters. The van der Waals surface area contributed by atoms with E-state index in [2.05, 4.69) is 16.6 Å². The lowest BCUT2D eigenvalue weighted by Gasteiger charge is -2.14. The summed E-state index contributed by atoms with van der Waals surface area (Å²) in [6.07, 6.45) is 4.22. The summed E-state index contributed by atoms with van der Waals surface area (Å²) < 4.78 is 4.56. The van der Waals surface area contributed by atoms with Crippen LogP contribution < -0.4 is 0 Å². The van der Waals surface area contributed by atoms with Crippen LogP contribution >= 0.6 is 0 Å². The van der Waals surface area contributed by atoms with Crippen molar-refractivity contribution in [1.82, 2.24) is 4.90 Å². The minimum atomic E-state index is -0.123. The van der Waals surface area contributed by atoms with E-state index < -0.39 is 0 Å². The second-order valence-electron chi connectivity index (χ2n) is 3.34. The third-order valence-corrected chi connectivity index (χ3v) is 2.07. The van der Waals surface area contributed by atoms with Crippen molar-refractivity contribution >= 4 is 5.97 Å². The normalized spacial score (nSPS) is 10.5. The summed E-state index contributed by atoms with van der Waals surface area (Å²) in [4.78, 5) is 13.0. The Morgan fingerprint density at radius 1 is 1.31 bits per heavy atom. The van der Waals surface area contributed by atoms with E-state index in [1.165, 1.54) is 26.4 Å². The third-order valence-electron chi connectivity index (χ3n) is 2.07. The summed E-state index contributed by atoms with van der Waals surface area (Å²) in [7, 11) is 3.47. The summed E-state index contributed by atoms with van der Waals surface area (Å²) in [6, 6.07) is 0. The van der Waals surface area contributed by atoms with Crippen molar-refractivity contribution < 1.29 is 9.53 Å². The quantitative estimate of drug-likeness (QED) is 0.448. The van der Waals surface area contributed by atoms with Gasteiger partial charge < -0.3 is 9.64 Å². The van der Waals surface area contributed by atoms with Crippen LogP contribution in [0.5, 0.6) is 0 Å². The molecule has 13 heavy (non-hydrogen) atoms. The molecule has 0 unspecified atom stereocenters. The van der Waals surface area contributed by atoms with Gasteiger partial charge in [0.15, 0.2) is 0 Å². The molecule has 0 bridgehead atoms. The van der Waals surface area contributed by atoms with Crippen molar-refractivity contribution in [2.24, 2.45) is 0 Å². The average molecular weight is 187 g/mol. The van der Waals surface area contributed by atoms with Crippen LogP contribution in [0.15, 0.2) is 0 Å². The molecule has 0 N–H and O–H groups in total. The summed E-state index contributed by atoms with van der Waals surface area (Å²) in [6.45, 7) is 4.07. The Morgan fingerprint density at radius 3 is 2.54 bits per heavy atom. The van der Waals surface area contributed by atoms with E-state index in [9.17, 15) is 4.79 Å². The van der Waals surface area contributed by atoms with E-state index >= 15 is 0 Å². The third kappa shape index (κ3) is 7.78. The number of carbonyl (C=O) groups is 1. The number of esters is 1. The Kier molecular flexibility index (Phi) is 7.69. The molecule has 0 aromatic heterocycles. The van der Waals surface area contributed by atoms with E-state index in [1.54, 1.807) is 0 Å². The van der Waals surface area contributed by atoms with Gasteiger partial charge in [0.25, 0.3) is 0 Å². The molecule has 3 nitrogen and oxygen atoms in total. The Morgan fingerprint density at radius 2 is 2.00 bits per heavy atom. The number of rotatable bonds is 7. The van der Waals surface area contributed by atoms with Gasteiger partial charge in [0, 0.05) is 6.54 Å². The molecule has 78 valence electrons. The first-order valence-electron chi connectivity index (χ1n) is 4.96. The minimum absolute atomic E-state index is 0.123. The molecule has 0 rings (SSSR count). The molecule has 0 aliphatic heterocycles. The van der Waals surface area contributed by atoms with E-state index in [0.717, 1.165) is 13.1 Å². The first-order valence-corrected chi connectivity index (χ1v) is 4.96. The van der Waals surface area contributed by atoms with Crippen LogP contribution in [0.4, 0.5) is 0 Å². The van der Waals surface area contributed by atoms with Gasteiger partial charge in [0.1, 0.15) is 0 Å². The highest BCUT2D eigenvalue weighted by Crippen LogP contribution is 1.97. The zero-order valence-corrected chi connectivity index (χ0v) is 9.01. The van der Waals surface area contributed by atoms with Gasteiger partial charge in [-0.2, -0.15) is 0 Å². The van der Waals surface area contributed by atoms with Gasteiger partial charge in [-0.3, -0.25) is 4.79 Å². The summed E-state index contributed by atoms with van der Waals surface area (Å²) in [5.41, 5.74) is 0. The molecule has 0 aromatic carbocycles. The maximum atomic E-state index is 10.8. The number of ether oxygens (including phenoxy) is 1. The monoisotopic (exact) mass is 187 g/mol. The topological polar surface area (TPSA) is 29.5 Å². The van der Waals surface area contributed by atoms with Crippen molar-refractivity contribution in [2.45, 2.75) is 32.6 Å². The molecule has 0 amide bonds. The molecular formula is C10H21NO2. The van der Waals surface area contributed by atoms with Crippen LogP contribution in [0.3, 0.4) is 0 Å². The molecule has 0 aromatic rings. The molecule has 0 aliphatic carbocycles. The Balaban J connectivity index is 3.29. The number of methoxy groups -OCH3 is 1. The maximum absolute atomic E-state index is 10.8. The molecule has 0 aliphatic rings. The molecule has 0 radical (unpaired) electrons. The van der Waals surface area contributed by atoms with Gasteiger partial charge >= 0.3 is 5.97 Å². The van der Waals surface area contributed by atoms with Crippen molar-refractivity contribution in [1.29, 1.82) is 0 Å². The van der Waals surface area contributed by atoms with Gasteiger partial charge in [-0.1, -0.05) is 19.8 Å². The van der Waals surface area contributed by atoms with Crippen molar-refractivity contribution in [3.63, 3.8) is 0 Å². The van der Waals surface area contributed by atoms with Gasteiger partial charge in [-0.15, -0.1) is 0 Å². The number of nitrogens with zero attached hydrogens (tertiary/aromatic N) is 1. The van der Waals surface area contributed by atoms with E-state index in [1.807, 2.05) is 7.05 Å². The first kappa shape index (κ1) is 12.4. The zero-order chi connectivity index (χ0) is 10.1.